The third-order valence-electron chi connectivity index (χ3n) is 17.5. The second-order valence-corrected chi connectivity index (χ2v) is 30.9. The van der Waals surface area contributed by atoms with Crippen molar-refractivity contribution in [3.8, 4) is 11.5 Å². The first-order chi connectivity index (χ1) is 59.0. The van der Waals surface area contributed by atoms with Crippen LogP contribution in [0, 0.1) is 28.3 Å². The molecule has 0 bridgehead atoms. The van der Waals surface area contributed by atoms with Crippen LogP contribution < -0.4 is 9.47 Å². The van der Waals surface area contributed by atoms with E-state index >= 15 is 0 Å². The standard InChI is InChI=1S/C20H21N3O7.C20H21N3O6S.C14H10FN3O3S.2C13H8FN3O3S/c1-20(2,3)19(26)29-10-23-9-13(12-8-11(27-4)6-7-14(12)23)15(24)16-21-22-17(30-16)18(25)28-5;1-20(2,3)19(26)29-10-23-9-13(12-8-11(27-4)6-7-14(12)23)15(24)17-21-16(22-30-17)18(25)28-5;1-18-6-9(8-5-7(15)3-4-10(8)18)11(19)13-16-12(17-22-13)14(20)21-2;1-20-13(19)11-16-12(21-17-11)10(18)8-5-15-9-3-2-6(14)4-7(8)9;1-20-13(19)12-17-16-11(21-12)10(18)8-5-15-9-3-2-6(14)4-7(8)9/h2*6-9H,10H2,1-5H3;3-6H,1-2H3;2*2-5,15H,1H3. The van der Waals surface area contributed by atoms with Gasteiger partial charge >= 0.3 is 47.7 Å². The van der Waals surface area contributed by atoms with Gasteiger partial charge in [0.1, 0.15) is 29.0 Å². The first-order valence-corrected chi connectivity index (χ1v) is 38.9. The van der Waals surface area contributed by atoms with E-state index in [1.807, 2.05) is 0 Å². The zero-order valence-electron chi connectivity index (χ0n) is 67.5. The van der Waals surface area contributed by atoms with Crippen molar-refractivity contribution < 1.29 is 118 Å². The molecule has 640 valence electrons. The zero-order valence-corrected chi connectivity index (χ0v) is 70.8. The topological polar surface area (TPSA) is 476 Å². The molecule has 0 fully saturated rings. The minimum Gasteiger partial charge on any atom is -0.497 e. The van der Waals surface area contributed by atoms with E-state index in [9.17, 15) is 70.7 Å². The molecular formula is C80H68F3N15O22S4. The molecule has 0 radical (unpaired) electrons. The molecule has 10 heterocycles. The number of halogens is 3. The molecule has 0 aliphatic rings. The van der Waals surface area contributed by atoms with Crippen LogP contribution in [0.25, 0.3) is 54.5 Å². The summed E-state index contributed by atoms with van der Waals surface area (Å²) in [4.78, 5) is 162. The smallest absolute Gasteiger partial charge is 0.396 e. The van der Waals surface area contributed by atoms with Gasteiger partial charge in [0.05, 0.1) is 99.4 Å². The van der Waals surface area contributed by atoms with E-state index in [1.54, 1.807) is 129 Å². The Morgan fingerprint density at radius 3 is 1.18 bits per heavy atom. The molecule has 0 aliphatic carbocycles. The van der Waals surface area contributed by atoms with E-state index in [1.165, 1.54) is 97.6 Å². The van der Waals surface area contributed by atoms with Crippen molar-refractivity contribution in [3.63, 3.8) is 0 Å². The van der Waals surface area contributed by atoms with Crippen LogP contribution >= 0.6 is 45.9 Å². The largest absolute Gasteiger partial charge is 0.497 e. The third-order valence-corrected chi connectivity index (χ3v) is 20.5. The van der Waals surface area contributed by atoms with Crippen molar-refractivity contribution in [2.24, 2.45) is 17.9 Å². The van der Waals surface area contributed by atoms with Crippen molar-refractivity contribution in [2.45, 2.75) is 55.0 Å². The second-order valence-electron chi connectivity index (χ2n) is 27.7. The number of methoxy groups -OCH3 is 7. The number of aromatic nitrogens is 15. The summed E-state index contributed by atoms with van der Waals surface area (Å²) in [5.74, 6) is -8.21. The number of ketones is 5. The average molecular weight is 1780 g/mol. The van der Waals surface area contributed by atoms with Crippen LogP contribution in [0.1, 0.15) is 172 Å². The number of fused-ring (bicyclic) bond motifs is 5. The van der Waals surface area contributed by atoms with Gasteiger partial charge in [-0.2, -0.15) is 13.1 Å². The van der Waals surface area contributed by atoms with Crippen LogP contribution in [0.2, 0.25) is 0 Å². The highest BCUT2D eigenvalue weighted by atomic mass is 32.1. The minimum atomic E-state index is -0.847. The van der Waals surface area contributed by atoms with Gasteiger partial charge in [0.2, 0.25) is 28.1 Å². The lowest BCUT2D eigenvalue weighted by Crippen LogP contribution is -2.23. The molecule has 10 aromatic heterocycles. The predicted molar refractivity (Wildman–Crippen MR) is 435 cm³/mol. The summed E-state index contributed by atoms with van der Waals surface area (Å²) in [6.45, 7) is 10.4. The second kappa shape index (κ2) is 38.3. The number of nitrogens with zero attached hydrogens (tertiary/aromatic N) is 13. The highest BCUT2D eigenvalue weighted by molar-refractivity contribution is 7.15. The molecule has 0 amide bonds. The van der Waals surface area contributed by atoms with Gasteiger partial charge in [0.25, 0.3) is 29.1 Å². The molecule has 0 atom stereocenters. The first kappa shape index (κ1) is 90.0. The van der Waals surface area contributed by atoms with Gasteiger partial charge in [-0.25, -0.2) is 52.1 Å². The molecule has 2 N–H and O–H groups in total. The minimum absolute atomic E-state index is 0.00753. The van der Waals surface area contributed by atoms with Crippen LogP contribution in [-0.4, -0.2) is 193 Å². The lowest BCUT2D eigenvalue weighted by Gasteiger charge is -2.17. The van der Waals surface area contributed by atoms with Gasteiger partial charge in [-0.05, 0) is 167 Å². The molecular weight excluding hydrogens is 1710 g/mol. The molecule has 15 aromatic rings. The Morgan fingerprint density at radius 2 is 0.758 bits per heavy atom. The van der Waals surface area contributed by atoms with E-state index in [0.29, 0.717) is 71.6 Å². The Labute approximate surface area is 712 Å². The SMILES string of the molecule is COC(=O)c1nnc(C(=O)c2c[nH]c3ccc(F)cc23)s1.COC(=O)c1nnc(C(=O)c2cn(COC(=O)C(C)(C)C)c3ccc(OC)cc23)o1.COC(=O)c1nsc(C(=O)c2c[nH]c3ccc(F)cc23)n1.COC(=O)c1nsc(C(=O)c2cn(C)c3ccc(F)cc23)n1.COC(=O)c1nsc(C(=O)c2cn(COC(=O)C(C)(C)C)c3ccc(OC)cc23)n1. The van der Waals surface area contributed by atoms with Crippen molar-refractivity contribution in [1.82, 2.24) is 72.1 Å². The number of H-pyrrole nitrogens is 2. The van der Waals surface area contributed by atoms with Crippen molar-refractivity contribution in [3.05, 3.63) is 222 Å². The number of esters is 7. The Kier molecular flexibility index (Phi) is 27.8. The van der Waals surface area contributed by atoms with Gasteiger partial charge in [-0.15, -0.1) is 20.4 Å². The summed E-state index contributed by atoms with van der Waals surface area (Å²) in [6.07, 6.45) is 7.66. The predicted octanol–water partition coefficient (Wildman–Crippen LogP) is 12.2. The molecule has 0 saturated heterocycles. The number of rotatable bonds is 21. The van der Waals surface area contributed by atoms with E-state index < -0.39 is 92.9 Å². The van der Waals surface area contributed by atoms with Crippen molar-refractivity contribution >= 4 is 171 Å². The van der Waals surface area contributed by atoms with E-state index in [-0.39, 0.29) is 90.5 Å². The quantitative estimate of drug-likeness (QED) is 0.0383. The number of aryl methyl sites for hydroxylation is 1. The number of hydrogen-bond donors (Lipinski definition) is 2. The fraction of sp³-hybridized carbons (Fsp3) is 0.225. The molecule has 15 rings (SSSR count). The molecule has 5 aromatic carbocycles. The van der Waals surface area contributed by atoms with Crippen molar-refractivity contribution in [2.75, 3.05) is 49.8 Å². The zero-order chi connectivity index (χ0) is 89.9. The number of carbonyl (C=O) groups excluding carboxylic acids is 12. The molecule has 37 nitrogen and oxygen atoms in total. The number of benzene rings is 5. The number of hydrogen-bond acceptors (Lipinski definition) is 36. The summed E-state index contributed by atoms with van der Waals surface area (Å²) in [7, 11) is 10.8. The number of carbonyl (C=O) groups is 12. The molecule has 0 saturated carbocycles. The number of nitrogens with one attached hydrogen (secondary N) is 2. The van der Waals surface area contributed by atoms with E-state index in [4.69, 9.17) is 23.4 Å². The summed E-state index contributed by atoms with van der Waals surface area (Å²) >= 11 is 3.24. The van der Waals surface area contributed by atoms with E-state index in [0.717, 1.165) is 58.6 Å². The van der Waals surface area contributed by atoms with Crippen LogP contribution in [0.3, 0.4) is 0 Å². The van der Waals surface area contributed by atoms with Crippen LogP contribution in [-0.2, 0) is 63.3 Å². The van der Waals surface area contributed by atoms with Gasteiger partial charge in [0, 0.05) is 81.5 Å². The Morgan fingerprint density at radius 1 is 0.395 bits per heavy atom. The summed E-state index contributed by atoms with van der Waals surface area (Å²) in [5.41, 5.74) is 3.39. The Hall–Kier alpha value is -14.8. The van der Waals surface area contributed by atoms with Crippen LogP contribution in [0.5, 0.6) is 11.5 Å². The van der Waals surface area contributed by atoms with Gasteiger partial charge < -0.3 is 70.7 Å². The molecule has 0 unspecified atom stereocenters. The van der Waals surface area contributed by atoms with Crippen LogP contribution in [0.4, 0.5) is 13.2 Å². The number of ether oxygens (including phenoxy) is 9. The van der Waals surface area contributed by atoms with Gasteiger partial charge in [-0.1, -0.05) is 11.3 Å². The maximum absolute atomic E-state index is 13.4. The third kappa shape index (κ3) is 20.1. The van der Waals surface area contributed by atoms with Crippen LogP contribution in [0.15, 0.2) is 126 Å². The van der Waals surface area contributed by atoms with E-state index in [2.05, 4.69) is 82.1 Å². The maximum atomic E-state index is 13.4. The Balaban J connectivity index is 0.000000152. The molecule has 44 heteroatoms. The normalized spacial score (nSPS) is 11.1. The lowest BCUT2D eigenvalue weighted by molar-refractivity contribution is -0.157. The highest BCUT2D eigenvalue weighted by Crippen LogP contribution is 2.33. The monoisotopic (exact) mass is 1780 g/mol. The van der Waals surface area contributed by atoms with Crippen molar-refractivity contribution in [1.29, 1.82) is 0 Å². The maximum Gasteiger partial charge on any atom is 0.396 e. The highest BCUT2D eigenvalue weighted by Gasteiger charge is 2.31. The van der Waals surface area contributed by atoms with Gasteiger partial charge in [0.15, 0.2) is 33.5 Å². The summed E-state index contributed by atoms with van der Waals surface area (Å²) < 4.78 is 105. The summed E-state index contributed by atoms with van der Waals surface area (Å²) in [6, 6.07) is 22.8. The summed E-state index contributed by atoms with van der Waals surface area (Å²) in [5, 5.41) is 17.1. The van der Waals surface area contributed by atoms with Gasteiger partial charge in [-0.3, -0.25) is 33.6 Å². The fourth-order valence-corrected chi connectivity index (χ4v) is 13.7. The first-order valence-electron chi connectivity index (χ1n) is 35.8. The number of aromatic amines is 2. The molecule has 0 spiro atoms. The average Bonchev–Trinajstić information content (AvgIpc) is 1.61. The Bertz CT molecular complexity index is 6370. The molecule has 124 heavy (non-hydrogen) atoms. The molecule has 0 aliphatic heterocycles. The lowest BCUT2D eigenvalue weighted by atomic mass is 9.97. The fourth-order valence-electron chi connectivity index (χ4n) is 11.2.